The van der Waals surface area contributed by atoms with Crippen LogP contribution in [0, 0.1) is 10.1 Å². The first-order chi connectivity index (χ1) is 13.1. The van der Waals surface area contributed by atoms with Gasteiger partial charge in [0.25, 0.3) is 11.6 Å². The molecule has 6 nitrogen and oxygen atoms in total. The zero-order valence-corrected chi connectivity index (χ0v) is 14.9. The molecule has 27 heavy (non-hydrogen) atoms. The molecule has 0 heterocycles. The Labute approximate surface area is 160 Å². The number of nitrogens with one attached hydrogen (secondary N) is 1. The molecule has 0 saturated heterocycles. The zero-order valence-electron chi connectivity index (χ0n) is 14.1. The standard InChI is InChI=1S/C20H15N3O3S/c24-20(16-7-3-1-4-8-16)22-21-14-15-11-12-19(18(13-15)23(25)26)27-17-9-5-2-6-10-17/h1-14H,(H,22,24)/b21-14+. The second-order valence-corrected chi connectivity index (χ2v) is 6.58. The molecule has 0 aromatic heterocycles. The summed E-state index contributed by atoms with van der Waals surface area (Å²) < 4.78 is 0. The second kappa shape index (κ2) is 8.77. The van der Waals surface area contributed by atoms with E-state index in [2.05, 4.69) is 10.5 Å². The first-order valence-corrected chi connectivity index (χ1v) is 8.85. The maximum Gasteiger partial charge on any atom is 0.283 e. The fraction of sp³-hybridized carbons (Fsp3) is 0. The Bertz CT molecular complexity index is 976. The van der Waals surface area contributed by atoms with E-state index in [1.54, 1.807) is 36.4 Å². The third kappa shape index (κ3) is 5.02. The number of nitro benzene ring substituents is 1. The maximum atomic E-state index is 11.9. The largest absolute Gasteiger partial charge is 0.283 e. The van der Waals surface area contributed by atoms with Crippen molar-refractivity contribution >= 4 is 29.6 Å². The Balaban J connectivity index is 1.74. The van der Waals surface area contributed by atoms with Crippen LogP contribution in [-0.4, -0.2) is 17.0 Å². The van der Waals surface area contributed by atoms with Crippen molar-refractivity contribution in [3.05, 3.63) is 100 Å². The summed E-state index contributed by atoms with van der Waals surface area (Å²) in [5.74, 6) is -0.349. The van der Waals surface area contributed by atoms with Crippen molar-refractivity contribution in [3.63, 3.8) is 0 Å². The lowest BCUT2D eigenvalue weighted by Crippen LogP contribution is -2.17. The van der Waals surface area contributed by atoms with Crippen LogP contribution >= 0.6 is 11.8 Å². The summed E-state index contributed by atoms with van der Waals surface area (Å²) in [7, 11) is 0. The average Bonchev–Trinajstić information content (AvgIpc) is 2.70. The smallest absolute Gasteiger partial charge is 0.267 e. The lowest BCUT2D eigenvalue weighted by atomic mass is 10.2. The summed E-state index contributed by atoms with van der Waals surface area (Å²) >= 11 is 1.32. The molecule has 1 N–H and O–H groups in total. The third-order valence-electron chi connectivity index (χ3n) is 3.57. The Kier molecular flexibility index (Phi) is 5.96. The predicted octanol–water partition coefficient (Wildman–Crippen LogP) is 4.51. The molecular weight excluding hydrogens is 362 g/mol. The lowest BCUT2D eigenvalue weighted by molar-refractivity contribution is -0.387. The van der Waals surface area contributed by atoms with Crippen LogP contribution in [0.15, 0.2) is 93.8 Å². The Morgan fingerprint density at radius 3 is 2.33 bits per heavy atom. The summed E-state index contributed by atoms with van der Waals surface area (Å²) in [6, 6.07) is 22.9. The fourth-order valence-corrected chi connectivity index (χ4v) is 3.20. The molecule has 0 atom stereocenters. The summed E-state index contributed by atoms with van der Waals surface area (Å²) in [5, 5.41) is 15.3. The first kappa shape index (κ1) is 18.3. The van der Waals surface area contributed by atoms with Crippen molar-refractivity contribution in [3.8, 4) is 0 Å². The van der Waals surface area contributed by atoms with Gasteiger partial charge in [-0.25, -0.2) is 5.43 Å². The number of carbonyl (C=O) groups excluding carboxylic acids is 1. The summed E-state index contributed by atoms with van der Waals surface area (Å²) in [4.78, 5) is 24.4. The van der Waals surface area contributed by atoms with Gasteiger partial charge in [-0.2, -0.15) is 5.10 Å². The fourth-order valence-electron chi connectivity index (χ4n) is 2.28. The second-order valence-electron chi connectivity index (χ2n) is 5.46. The van der Waals surface area contributed by atoms with Gasteiger partial charge in [-0.05, 0) is 30.3 Å². The first-order valence-electron chi connectivity index (χ1n) is 8.03. The average molecular weight is 377 g/mol. The van der Waals surface area contributed by atoms with Crippen molar-refractivity contribution < 1.29 is 9.72 Å². The van der Waals surface area contributed by atoms with Crippen LogP contribution in [0.5, 0.6) is 0 Å². The number of carbonyl (C=O) groups is 1. The van der Waals surface area contributed by atoms with Gasteiger partial charge in [-0.3, -0.25) is 14.9 Å². The highest BCUT2D eigenvalue weighted by atomic mass is 32.2. The van der Waals surface area contributed by atoms with Crippen LogP contribution in [0.3, 0.4) is 0 Å². The quantitative estimate of drug-likeness (QED) is 0.389. The monoisotopic (exact) mass is 377 g/mol. The summed E-state index contributed by atoms with van der Waals surface area (Å²) in [6.07, 6.45) is 1.38. The van der Waals surface area contributed by atoms with Gasteiger partial charge in [0, 0.05) is 22.1 Å². The van der Waals surface area contributed by atoms with E-state index in [1.807, 2.05) is 36.4 Å². The van der Waals surface area contributed by atoms with E-state index in [-0.39, 0.29) is 11.6 Å². The third-order valence-corrected chi connectivity index (χ3v) is 4.64. The number of benzene rings is 3. The van der Waals surface area contributed by atoms with Crippen molar-refractivity contribution in [2.45, 2.75) is 9.79 Å². The minimum atomic E-state index is -0.425. The van der Waals surface area contributed by atoms with Crippen molar-refractivity contribution in [1.82, 2.24) is 5.43 Å². The SMILES string of the molecule is O=C(N/N=C/c1ccc(Sc2ccccc2)c([N+](=O)[O-])c1)c1ccccc1. The number of nitro groups is 1. The lowest BCUT2D eigenvalue weighted by Gasteiger charge is -2.04. The molecule has 7 heteroatoms. The predicted molar refractivity (Wildman–Crippen MR) is 105 cm³/mol. The normalized spacial score (nSPS) is 10.7. The number of hydrogen-bond donors (Lipinski definition) is 1. The molecule has 0 saturated carbocycles. The summed E-state index contributed by atoms with van der Waals surface area (Å²) in [5.41, 5.74) is 3.40. The maximum absolute atomic E-state index is 11.9. The van der Waals surface area contributed by atoms with Gasteiger partial charge in [0.2, 0.25) is 0 Å². The number of hydrazone groups is 1. The van der Waals surface area contributed by atoms with Crippen molar-refractivity contribution in [1.29, 1.82) is 0 Å². The minimum absolute atomic E-state index is 0.0119. The van der Waals surface area contributed by atoms with Gasteiger partial charge in [0.05, 0.1) is 16.0 Å². The number of amides is 1. The molecule has 134 valence electrons. The molecule has 3 aromatic rings. The van der Waals surface area contributed by atoms with Crippen LogP contribution in [0.4, 0.5) is 5.69 Å². The highest BCUT2D eigenvalue weighted by Crippen LogP contribution is 2.34. The van der Waals surface area contributed by atoms with E-state index in [1.165, 1.54) is 24.0 Å². The van der Waals surface area contributed by atoms with Gasteiger partial charge >= 0.3 is 0 Å². The molecule has 0 aliphatic carbocycles. The molecular formula is C20H15N3O3S. The Morgan fingerprint density at radius 2 is 1.67 bits per heavy atom. The van der Waals surface area contributed by atoms with Crippen LogP contribution in [0.25, 0.3) is 0 Å². The molecule has 0 spiro atoms. The number of rotatable bonds is 6. The van der Waals surface area contributed by atoms with Gasteiger partial charge in [0.15, 0.2) is 0 Å². The highest BCUT2D eigenvalue weighted by Gasteiger charge is 2.15. The molecule has 0 fully saturated rings. The minimum Gasteiger partial charge on any atom is -0.267 e. The van der Waals surface area contributed by atoms with Crippen LogP contribution in [0.1, 0.15) is 15.9 Å². The van der Waals surface area contributed by atoms with E-state index < -0.39 is 4.92 Å². The molecule has 0 unspecified atom stereocenters. The van der Waals surface area contributed by atoms with Gasteiger partial charge in [-0.1, -0.05) is 54.2 Å². The number of nitrogens with zero attached hydrogens (tertiary/aromatic N) is 2. The number of hydrogen-bond acceptors (Lipinski definition) is 5. The van der Waals surface area contributed by atoms with E-state index in [9.17, 15) is 14.9 Å². The van der Waals surface area contributed by atoms with Crippen LogP contribution in [0.2, 0.25) is 0 Å². The topological polar surface area (TPSA) is 84.6 Å². The molecule has 0 radical (unpaired) electrons. The molecule has 1 amide bonds. The summed E-state index contributed by atoms with van der Waals surface area (Å²) in [6.45, 7) is 0. The van der Waals surface area contributed by atoms with Crippen molar-refractivity contribution in [2.75, 3.05) is 0 Å². The van der Waals surface area contributed by atoms with Gasteiger partial charge in [0.1, 0.15) is 0 Å². The molecule has 0 aliphatic rings. The van der Waals surface area contributed by atoms with Crippen LogP contribution in [-0.2, 0) is 0 Å². The van der Waals surface area contributed by atoms with E-state index >= 15 is 0 Å². The highest BCUT2D eigenvalue weighted by molar-refractivity contribution is 7.99. The zero-order chi connectivity index (χ0) is 19.1. The van der Waals surface area contributed by atoms with Crippen LogP contribution < -0.4 is 5.43 Å². The van der Waals surface area contributed by atoms with Gasteiger partial charge < -0.3 is 0 Å². The van der Waals surface area contributed by atoms with Gasteiger partial charge in [-0.15, -0.1) is 0 Å². The molecule has 0 aliphatic heterocycles. The van der Waals surface area contributed by atoms with Crippen molar-refractivity contribution in [2.24, 2.45) is 5.10 Å². The van der Waals surface area contributed by atoms with E-state index in [0.717, 1.165) is 4.90 Å². The molecule has 3 rings (SSSR count). The van der Waals surface area contributed by atoms with E-state index in [4.69, 9.17) is 0 Å². The molecule has 3 aromatic carbocycles. The molecule has 0 bridgehead atoms. The van der Waals surface area contributed by atoms with E-state index in [0.29, 0.717) is 16.0 Å². The Hall–Kier alpha value is -3.45. The Morgan fingerprint density at radius 1 is 1.00 bits per heavy atom.